The lowest BCUT2D eigenvalue weighted by Gasteiger charge is -2.24. The molecule has 0 aliphatic rings. The van der Waals surface area contributed by atoms with Crippen molar-refractivity contribution in [2.45, 2.75) is 0 Å². The Morgan fingerprint density at radius 2 is 0.676 bits per heavy atom. The highest BCUT2D eigenvalue weighted by atomic mass is 14.3. The van der Waals surface area contributed by atoms with E-state index in [-0.39, 0.29) is 0 Å². The van der Waals surface area contributed by atoms with Crippen molar-refractivity contribution in [3.63, 3.8) is 0 Å². The van der Waals surface area contributed by atoms with Crippen molar-refractivity contribution in [3.05, 3.63) is 97.1 Å². The fourth-order valence-electron chi connectivity index (χ4n) is 7.31. The zero-order valence-corrected chi connectivity index (χ0v) is 18.2. The van der Waals surface area contributed by atoms with Crippen molar-refractivity contribution < 1.29 is 0 Å². The third-order valence-electron chi connectivity index (χ3n) is 8.57. The first-order valence-electron chi connectivity index (χ1n) is 12.0. The summed E-state index contributed by atoms with van der Waals surface area (Å²) in [5, 5.41) is 25.0. The van der Waals surface area contributed by atoms with Crippen molar-refractivity contribution in [1.29, 1.82) is 0 Å². The average molecular weight is 425 g/mol. The van der Waals surface area contributed by atoms with E-state index in [2.05, 4.69) is 97.1 Å². The van der Waals surface area contributed by atoms with Gasteiger partial charge in [0.2, 0.25) is 0 Å². The lowest BCUT2D eigenvalue weighted by molar-refractivity contribution is 1.80. The summed E-state index contributed by atoms with van der Waals surface area (Å²) < 4.78 is 0. The first kappa shape index (κ1) is 16.2. The van der Waals surface area contributed by atoms with Crippen LogP contribution in [0.2, 0.25) is 0 Å². The summed E-state index contributed by atoms with van der Waals surface area (Å²) in [6.45, 7) is 0. The van der Waals surface area contributed by atoms with Crippen molar-refractivity contribution in [3.8, 4) is 0 Å². The second-order valence-corrected chi connectivity index (χ2v) is 10.1. The molecular weight excluding hydrogens is 408 g/mol. The van der Waals surface area contributed by atoms with Gasteiger partial charge in [-0.1, -0.05) is 84.9 Å². The molecule has 0 radical (unpaired) electrons. The summed E-state index contributed by atoms with van der Waals surface area (Å²) >= 11 is 0. The SMILES string of the molecule is c1ccc2c(c1)cc1ccc3cc4ccc5ccc6ccc7ccc8c2c1c3c1c4c5c6c7c81. The summed E-state index contributed by atoms with van der Waals surface area (Å²) in [7, 11) is 0. The van der Waals surface area contributed by atoms with Crippen LogP contribution < -0.4 is 0 Å². The molecule has 0 nitrogen and oxygen atoms in total. The first-order valence-corrected chi connectivity index (χ1v) is 12.0. The van der Waals surface area contributed by atoms with E-state index in [9.17, 15) is 0 Å². The van der Waals surface area contributed by atoms with Gasteiger partial charge in [-0.05, 0) is 109 Å². The van der Waals surface area contributed by atoms with Crippen LogP contribution in [0.15, 0.2) is 97.1 Å². The third kappa shape index (κ3) is 1.57. The molecule has 34 heavy (non-hydrogen) atoms. The van der Waals surface area contributed by atoms with E-state index in [0.717, 1.165) is 0 Å². The molecule has 0 amide bonds. The van der Waals surface area contributed by atoms with E-state index in [1.165, 1.54) is 97.0 Å². The molecule has 10 aromatic carbocycles. The molecule has 0 aliphatic heterocycles. The summed E-state index contributed by atoms with van der Waals surface area (Å²) in [4.78, 5) is 0. The Labute approximate surface area is 193 Å². The molecule has 0 fully saturated rings. The van der Waals surface area contributed by atoms with E-state index in [0.29, 0.717) is 0 Å². The Kier molecular flexibility index (Phi) is 2.41. The molecular formula is C34H16. The van der Waals surface area contributed by atoms with Gasteiger partial charge in [0.15, 0.2) is 0 Å². The number of fused-ring (bicyclic) bond motifs is 3. The highest BCUT2D eigenvalue weighted by Crippen LogP contribution is 2.53. The third-order valence-corrected chi connectivity index (χ3v) is 8.57. The van der Waals surface area contributed by atoms with Gasteiger partial charge in [0.1, 0.15) is 0 Å². The molecule has 0 aliphatic carbocycles. The van der Waals surface area contributed by atoms with Gasteiger partial charge in [0.25, 0.3) is 0 Å². The molecule has 0 saturated carbocycles. The second kappa shape index (κ2) is 5.05. The summed E-state index contributed by atoms with van der Waals surface area (Å²) in [5.74, 6) is 0. The Balaban J connectivity index is 1.76. The molecule has 152 valence electrons. The highest BCUT2D eigenvalue weighted by Gasteiger charge is 2.24. The van der Waals surface area contributed by atoms with Crippen LogP contribution in [0.5, 0.6) is 0 Å². The average Bonchev–Trinajstić information content (AvgIpc) is 2.89. The van der Waals surface area contributed by atoms with E-state index in [1.54, 1.807) is 0 Å². The van der Waals surface area contributed by atoms with E-state index in [4.69, 9.17) is 0 Å². The van der Waals surface area contributed by atoms with E-state index in [1.807, 2.05) is 0 Å². The number of hydrogen-bond acceptors (Lipinski definition) is 0. The minimum Gasteiger partial charge on any atom is -0.0616 e. The van der Waals surface area contributed by atoms with Gasteiger partial charge in [-0.15, -0.1) is 0 Å². The van der Waals surface area contributed by atoms with Crippen LogP contribution in [0.3, 0.4) is 0 Å². The minimum atomic E-state index is 1.32. The van der Waals surface area contributed by atoms with Gasteiger partial charge >= 0.3 is 0 Å². The van der Waals surface area contributed by atoms with Crippen LogP contribution in [0.1, 0.15) is 0 Å². The Hall–Kier alpha value is -4.42. The lowest BCUT2D eigenvalue weighted by atomic mass is 9.78. The monoisotopic (exact) mass is 424 g/mol. The quantitative estimate of drug-likeness (QED) is 0.168. The maximum atomic E-state index is 2.42. The molecule has 10 rings (SSSR count). The van der Waals surface area contributed by atoms with E-state index >= 15 is 0 Å². The van der Waals surface area contributed by atoms with E-state index < -0.39 is 0 Å². The van der Waals surface area contributed by atoms with Crippen LogP contribution in [-0.2, 0) is 0 Å². The fraction of sp³-hybridized carbons (Fsp3) is 0. The van der Waals surface area contributed by atoms with Gasteiger partial charge in [0, 0.05) is 0 Å². The molecule has 0 heteroatoms. The number of hydrogen-bond donors (Lipinski definition) is 0. The summed E-state index contributed by atoms with van der Waals surface area (Å²) in [6, 6.07) is 37.0. The summed E-state index contributed by atoms with van der Waals surface area (Å²) in [6.07, 6.45) is 0. The maximum Gasteiger partial charge on any atom is -0.000115 e. The first-order chi connectivity index (χ1) is 16.9. The molecule has 0 unspecified atom stereocenters. The molecule has 0 bridgehead atoms. The lowest BCUT2D eigenvalue weighted by Crippen LogP contribution is -1.95. The Morgan fingerprint density at radius 3 is 1.32 bits per heavy atom. The standard InChI is InChI=1S/C34H16/c1-2-4-24-20(3-1)15-21-11-12-23-16-22-10-9-18-6-5-17-7-8-19-13-14-25-32(24)29(21)31(23)34-30(22)27(18)26(17)28(19)33(25)34/h1-16H. The predicted octanol–water partition coefficient (Wildman–Crippen LogP) is 9.82. The molecule has 0 N–H and O–H groups in total. The van der Waals surface area contributed by atoms with Crippen LogP contribution in [0.25, 0.3) is 97.0 Å². The fourth-order valence-corrected chi connectivity index (χ4v) is 7.31. The van der Waals surface area contributed by atoms with Gasteiger partial charge in [-0.3, -0.25) is 0 Å². The molecule has 0 aromatic heterocycles. The zero-order valence-electron chi connectivity index (χ0n) is 18.2. The topological polar surface area (TPSA) is 0 Å². The largest absolute Gasteiger partial charge is 0.0616 e. The Morgan fingerprint density at radius 1 is 0.235 bits per heavy atom. The summed E-state index contributed by atoms with van der Waals surface area (Å²) in [5.41, 5.74) is 0. The molecule has 0 spiro atoms. The second-order valence-electron chi connectivity index (χ2n) is 10.1. The highest BCUT2D eigenvalue weighted by molar-refractivity contribution is 6.52. The predicted molar refractivity (Wildman–Crippen MR) is 149 cm³/mol. The van der Waals surface area contributed by atoms with Gasteiger partial charge in [0.05, 0.1) is 0 Å². The normalized spacial score (nSPS) is 13.3. The van der Waals surface area contributed by atoms with Crippen molar-refractivity contribution in [2.75, 3.05) is 0 Å². The van der Waals surface area contributed by atoms with Crippen molar-refractivity contribution in [1.82, 2.24) is 0 Å². The zero-order chi connectivity index (χ0) is 21.7. The Bertz CT molecular complexity index is 2420. The van der Waals surface area contributed by atoms with Crippen LogP contribution in [0.4, 0.5) is 0 Å². The smallest absolute Gasteiger partial charge is 0.000115 e. The van der Waals surface area contributed by atoms with Gasteiger partial charge in [-0.2, -0.15) is 0 Å². The minimum absolute atomic E-state index is 1.32. The van der Waals surface area contributed by atoms with Crippen molar-refractivity contribution in [2.24, 2.45) is 0 Å². The van der Waals surface area contributed by atoms with Crippen molar-refractivity contribution >= 4 is 97.0 Å². The molecule has 0 atom stereocenters. The van der Waals surface area contributed by atoms with Crippen LogP contribution in [0, 0.1) is 0 Å². The van der Waals surface area contributed by atoms with Crippen LogP contribution in [-0.4, -0.2) is 0 Å². The molecule has 0 saturated heterocycles. The van der Waals surface area contributed by atoms with Gasteiger partial charge < -0.3 is 0 Å². The number of rotatable bonds is 0. The van der Waals surface area contributed by atoms with Gasteiger partial charge in [-0.25, -0.2) is 0 Å². The molecule has 0 heterocycles. The maximum absolute atomic E-state index is 2.42. The molecule has 10 aromatic rings. The van der Waals surface area contributed by atoms with Crippen LogP contribution >= 0.6 is 0 Å². The number of benzene rings is 10.